The van der Waals surface area contributed by atoms with Crippen LogP contribution in [0.3, 0.4) is 0 Å². The Labute approximate surface area is 112 Å². The Balaban J connectivity index is 2.50. The van der Waals surface area contributed by atoms with Gasteiger partial charge >= 0.3 is 0 Å². The fourth-order valence-electron chi connectivity index (χ4n) is 3.13. The van der Waals surface area contributed by atoms with Crippen LogP contribution in [0.4, 0.5) is 0 Å². The molecule has 1 aliphatic rings. The largest absolute Gasteiger partial charge is 0.394 e. The first kappa shape index (κ1) is 15.5. The number of aliphatic hydroxyl groups is 1. The summed E-state index contributed by atoms with van der Waals surface area (Å²) >= 11 is 0. The molecule has 1 rings (SSSR count). The van der Waals surface area contributed by atoms with Crippen LogP contribution in [-0.2, 0) is 4.79 Å². The average molecular weight is 255 g/mol. The molecule has 1 aliphatic heterocycles. The van der Waals surface area contributed by atoms with E-state index >= 15 is 0 Å². The number of aliphatic hydroxyl groups excluding tert-OH is 1. The van der Waals surface area contributed by atoms with Crippen LogP contribution in [0.25, 0.3) is 0 Å². The predicted octanol–water partition coefficient (Wildman–Crippen LogP) is 2.68. The molecule has 1 N–H and O–H groups in total. The van der Waals surface area contributed by atoms with E-state index in [0.29, 0.717) is 18.3 Å². The monoisotopic (exact) mass is 255 g/mol. The minimum Gasteiger partial charge on any atom is -0.394 e. The van der Waals surface area contributed by atoms with E-state index in [2.05, 4.69) is 34.6 Å². The first-order valence-corrected chi connectivity index (χ1v) is 7.15. The standard InChI is InChI=1S/C15H29NO2/c1-11(9-15(3,4)5)8-14(18)16-7-6-12(2)13(16)10-17/h11-13,17H,6-10H2,1-5H3. The van der Waals surface area contributed by atoms with Crippen molar-refractivity contribution in [1.82, 2.24) is 4.90 Å². The van der Waals surface area contributed by atoms with Crippen molar-refractivity contribution in [3.05, 3.63) is 0 Å². The smallest absolute Gasteiger partial charge is 0.223 e. The Morgan fingerprint density at radius 1 is 1.44 bits per heavy atom. The molecule has 0 bridgehead atoms. The molecule has 0 spiro atoms. The molecule has 3 nitrogen and oxygen atoms in total. The fraction of sp³-hybridized carbons (Fsp3) is 0.933. The van der Waals surface area contributed by atoms with E-state index in [-0.39, 0.29) is 24.0 Å². The summed E-state index contributed by atoms with van der Waals surface area (Å²) in [5.41, 5.74) is 0.272. The molecule has 3 heteroatoms. The van der Waals surface area contributed by atoms with E-state index in [1.807, 2.05) is 4.90 Å². The molecular weight excluding hydrogens is 226 g/mol. The lowest BCUT2D eigenvalue weighted by Crippen LogP contribution is -2.40. The maximum absolute atomic E-state index is 12.3. The van der Waals surface area contributed by atoms with Crippen LogP contribution in [0, 0.1) is 17.3 Å². The van der Waals surface area contributed by atoms with Crippen LogP contribution in [0.1, 0.15) is 53.9 Å². The SMILES string of the molecule is CC(CC(=O)N1CCC(C)C1CO)CC(C)(C)C. The van der Waals surface area contributed by atoms with Crippen LogP contribution in [0.2, 0.25) is 0 Å². The van der Waals surface area contributed by atoms with E-state index < -0.39 is 0 Å². The number of likely N-dealkylation sites (tertiary alicyclic amines) is 1. The third kappa shape index (κ3) is 4.27. The molecule has 0 radical (unpaired) electrons. The van der Waals surface area contributed by atoms with Crippen molar-refractivity contribution in [2.45, 2.75) is 59.9 Å². The van der Waals surface area contributed by atoms with Gasteiger partial charge in [-0.05, 0) is 30.1 Å². The highest BCUT2D eigenvalue weighted by molar-refractivity contribution is 5.77. The van der Waals surface area contributed by atoms with Crippen molar-refractivity contribution in [2.75, 3.05) is 13.2 Å². The number of rotatable bonds is 4. The second-order valence-electron chi connectivity index (χ2n) is 7.18. The molecule has 1 heterocycles. The lowest BCUT2D eigenvalue weighted by Gasteiger charge is -2.28. The Morgan fingerprint density at radius 3 is 2.56 bits per heavy atom. The molecule has 0 aromatic carbocycles. The third-order valence-electron chi connectivity index (χ3n) is 3.87. The lowest BCUT2D eigenvalue weighted by molar-refractivity contribution is -0.134. The van der Waals surface area contributed by atoms with Crippen LogP contribution in [0.5, 0.6) is 0 Å². The number of carbonyl (C=O) groups excluding carboxylic acids is 1. The van der Waals surface area contributed by atoms with Crippen molar-refractivity contribution in [1.29, 1.82) is 0 Å². The Kier molecular flexibility index (Phi) is 5.20. The van der Waals surface area contributed by atoms with Crippen LogP contribution >= 0.6 is 0 Å². The molecular formula is C15H29NO2. The molecule has 0 saturated carbocycles. The second-order valence-corrected chi connectivity index (χ2v) is 7.18. The normalized spacial score (nSPS) is 26.4. The van der Waals surface area contributed by atoms with Gasteiger partial charge in [0.2, 0.25) is 5.91 Å². The molecule has 0 aromatic heterocycles. The number of amides is 1. The summed E-state index contributed by atoms with van der Waals surface area (Å²) in [5, 5.41) is 9.38. The van der Waals surface area contributed by atoms with Crippen molar-refractivity contribution in [2.24, 2.45) is 17.3 Å². The molecule has 3 unspecified atom stereocenters. The first-order chi connectivity index (χ1) is 8.24. The minimum absolute atomic E-state index is 0.0411. The highest BCUT2D eigenvalue weighted by Gasteiger charge is 2.34. The van der Waals surface area contributed by atoms with Gasteiger partial charge in [0.25, 0.3) is 0 Å². The molecule has 0 aromatic rings. The second kappa shape index (κ2) is 6.05. The molecule has 0 aliphatic carbocycles. The summed E-state index contributed by atoms with van der Waals surface area (Å²) in [6.45, 7) is 11.8. The molecule has 106 valence electrons. The molecule has 1 fully saturated rings. The van der Waals surface area contributed by atoms with Gasteiger partial charge in [0.15, 0.2) is 0 Å². The van der Waals surface area contributed by atoms with Crippen molar-refractivity contribution < 1.29 is 9.90 Å². The summed E-state index contributed by atoms with van der Waals surface area (Å²) in [6.07, 6.45) is 2.69. The summed E-state index contributed by atoms with van der Waals surface area (Å²) < 4.78 is 0. The van der Waals surface area contributed by atoms with Crippen molar-refractivity contribution in [3.8, 4) is 0 Å². The van der Waals surface area contributed by atoms with Crippen molar-refractivity contribution in [3.63, 3.8) is 0 Å². The molecule has 1 saturated heterocycles. The Morgan fingerprint density at radius 2 is 2.06 bits per heavy atom. The maximum Gasteiger partial charge on any atom is 0.223 e. The third-order valence-corrected chi connectivity index (χ3v) is 3.87. The Hall–Kier alpha value is -0.570. The van der Waals surface area contributed by atoms with Crippen molar-refractivity contribution >= 4 is 5.91 Å². The fourth-order valence-corrected chi connectivity index (χ4v) is 3.13. The van der Waals surface area contributed by atoms with Gasteiger partial charge in [-0.15, -0.1) is 0 Å². The van der Waals surface area contributed by atoms with E-state index in [1.54, 1.807) is 0 Å². The van der Waals surface area contributed by atoms with Gasteiger partial charge in [-0.1, -0.05) is 34.6 Å². The van der Waals surface area contributed by atoms with Crippen LogP contribution in [0.15, 0.2) is 0 Å². The Bertz CT molecular complexity index is 283. The van der Waals surface area contributed by atoms with E-state index in [0.717, 1.165) is 19.4 Å². The van der Waals surface area contributed by atoms with E-state index in [9.17, 15) is 9.90 Å². The topological polar surface area (TPSA) is 40.5 Å². The zero-order valence-corrected chi connectivity index (χ0v) is 12.6. The van der Waals surface area contributed by atoms with E-state index in [4.69, 9.17) is 0 Å². The highest BCUT2D eigenvalue weighted by Crippen LogP contribution is 2.29. The molecule has 18 heavy (non-hydrogen) atoms. The number of carbonyl (C=O) groups is 1. The van der Waals surface area contributed by atoms with Crippen LogP contribution < -0.4 is 0 Å². The van der Waals surface area contributed by atoms with Gasteiger partial charge in [-0.2, -0.15) is 0 Å². The van der Waals surface area contributed by atoms with Gasteiger partial charge in [0, 0.05) is 13.0 Å². The number of hydrogen-bond donors (Lipinski definition) is 1. The summed E-state index contributed by atoms with van der Waals surface area (Å²) in [6, 6.07) is 0.0411. The zero-order valence-electron chi connectivity index (χ0n) is 12.6. The molecule has 1 amide bonds. The summed E-state index contributed by atoms with van der Waals surface area (Å²) in [5.74, 6) is 1.06. The van der Waals surface area contributed by atoms with Gasteiger partial charge in [0.1, 0.15) is 0 Å². The maximum atomic E-state index is 12.3. The van der Waals surface area contributed by atoms with E-state index in [1.165, 1.54) is 0 Å². The van der Waals surface area contributed by atoms with Gasteiger partial charge < -0.3 is 10.0 Å². The van der Waals surface area contributed by atoms with Gasteiger partial charge in [-0.25, -0.2) is 0 Å². The predicted molar refractivity (Wildman–Crippen MR) is 74.2 cm³/mol. The average Bonchev–Trinajstić information content (AvgIpc) is 2.56. The summed E-state index contributed by atoms with van der Waals surface area (Å²) in [7, 11) is 0. The lowest BCUT2D eigenvalue weighted by atomic mass is 9.84. The van der Waals surface area contributed by atoms with Gasteiger partial charge in [0.05, 0.1) is 12.6 Å². The minimum atomic E-state index is 0.0411. The number of nitrogens with zero attached hydrogens (tertiary/aromatic N) is 1. The number of hydrogen-bond acceptors (Lipinski definition) is 2. The van der Waals surface area contributed by atoms with Crippen LogP contribution in [-0.4, -0.2) is 35.1 Å². The quantitative estimate of drug-likeness (QED) is 0.839. The molecule has 3 atom stereocenters. The summed E-state index contributed by atoms with van der Waals surface area (Å²) in [4.78, 5) is 14.2. The zero-order chi connectivity index (χ0) is 13.9. The van der Waals surface area contributed by atoms with Gasteiger partial charge in [-0.3, -0.25) is 4.79 Å². The first-order valence-electron chi connectivity index (χ1n) is 7.15. The highest BCUT2D eigenvalue weighted by atomic mass is 16.3.